The molecule has 7 rings (SSSR count). The van der Waals surface area contributed by atoms with Crippen LogP contribution in [0.3, 0.4) is 0 Å². The maximum absolute atomic E-state index is 14.9. The molecule has 0 aliphatic carbocycles. The Bertz CT molecular complexity index is 1590. The highest BCUT2D eigenvalue weighted by Gasteiger charge is 2.49. The molecule has 5 heterocycles. The first-order valence-electron chi connectivity index (χ1n) is 15.0. The van der Waals surface area contributed by atoms with Gasteiger partial charge in [0.05, 0.1) is 42.8 Å². The first-order valence-corrected chi connectivity index (χ1v) is 15.0. The van der Waals surface area contributed by atoms with Crippen LogP contribution in [0.15, 0.2) is 24.3 Å². The molecule has 228 valence electrons. The fourth-order valence-corrected chi connectivity index (χ4v) is 7.35. The van der Waals surface area contributed by atoms with Gasteiger partial charge in [-0.2, -0.15) is 9.97 Å². The summed E-state index contributed by atoms with van der Waals surface area (Å²) in [4.78, 5) is 29.1. The van der Waals surface area contributed by atoms with Crippen LogP contribution in [0.4, 0.5) is 20.3 Å². The topological polar surface area (TPSA) is 111 Å². The van der Waals surface area contributed by atoms with E-state index in [1.807, 2.05) is 11.8 Å². The van der Waals surface area contributed by atoms with Crippen molar-refractivity contribution >= 4 is 28.2 Å². The minimum Gasteiger partial charge on any atom is -0.508 e. The molecule has 0 saturated carbocycles. The highest BCUT2D eigenvalue weighted by Crippen LogP contribution is 2.43. The van der Waals surface area contributed by atoms with E-state index in [2.05, 4.69) is 9.88 Å². The monoisotopic (exact) mass is 595 g/mol. The van der Waals surface area contributed by atoms with Crippen LogP contribution in [-0.2, 0) is 17.7 Å². The quantitative estimate of drug-likeness (QED) is 0.425. The summed E-state index contributed by atoms with van der Waals surface area (Å²) in [5, 5.41) is 21.5. The largest absolute Gasteiger partial charge is 0.508 e. The van der Waals surface area contributed by atoms with Gasteiger partial charge in [-0.05, 0) is 48.9 Å². The summed E-state index contributed by atoms with van der Waals surface area (Å²) < 4.78 is 41.2. The number of benzene rings is 2. The zero-order chi connectivity index (χ0) is 29.9. The summed E-state index contributed by atoms with van der Waals surface area (Å²) in [6, 6.07) is 6.10. The molecular formula is C31H35F2N5O5. The molecule has 2 aromatic carbocycles. The molecule has 3 aromatic rings. The number of phenolic OH excluding ortho intramolecular Hbond substituents is 1. The molecule has 10 nitrogen and oxygen atoms in total. The number of fused-ring (bicyclic) bond motifs is 3. The SMILES string of the molecule is CCc1c(F)ccc2cc(O)cc(N3Cc4nc(OCC56CCCN5CC(F)C6)nc(N5CCOC(CO)C5)c4C3=O)c12. The average Bonchev–Trinajstić information content (AvgIpc) is 3.65. The maximum atomic E-state index is 14.9. The lowest BCUT2D eigenvalue weighted by atomic mass is 9.95. The Balaban J connectivity index is 1.29. The molecule has 3 atom stereocenters. The molecule has 0 bridgehead atoms. The number of aromatic nitrogens is 2. The van der Waals surface area contributed by atoms with Gasteiger partial charge in [0.2, 0.25) is 0 Å². The highest BCUT2D eigenvalue weighted by atomic mass is 19.1. The summed E-state index contributed by atoms with van der Waals surface area (Å²) in [6.45, 7) is 4.29. The second-order valence-electron chi connectivity index (χ2n) is 12.0. The minimum atomic E-state index is -0.898. The Morgan fingerprint density at radius 3 is 2.88 bits per heavy atom. The van der Waals surface area contributed by atoms with Gasteiger partial charge in [-0.1, -0.05) is 13.0 Å². The van der Waals surface area contributed by atoms with E-state index >= 15 is 0 Å². The number of carbonyl (C=O) groups excluding carboxylic acids is 1. The second-order valence-corrected chi connectivity index (χ2v) is 12.0. The lowest BCUT2D eigenvalue weighted by Gasteiger charge is -2.34. The van der Waals surface area contributed by atoms with Crippen LogP contribution < -0.4 is 14.5 Å². The highest BCUT2D eigenvalue weighted by molar-refractivity contribution is 6.16. The van der Waals surface area contributed by atoms with Crippen LogP contribution in [0, 0.1) is 5.82 Å². The van der Waals surface area contributed by atoms with E-state index in [4.69, 9.17) is 14.5 Å². The number of aromatic hydroxyl groups is 1. The Labute approximate surface area is 247 Å². The van der Waals surface area contributed by atoms with Gasteiger partial charge >= 0.3 is 6.01 Å². The molecule has 4 aliphatic rings. The molecule has 43 heavy (non-hydrogen) atoms. The van der Waals surface area contributed by atoms with Crippen LogP contribution in [0.1, 0.15) is 47.8 Å². The number of aryl methyl sites for hydroxylation is 1. The number of carbonyl (C=O) groups is 1. The zero-order valence-corrected chi connectivity index (χ0v) is 24.1. The molecule has 3 unspecified atom stereocenters. The van der Waals surface area contributed by atoms with Crippen molar-refractivity contribution in [1.82, 2.24) is 14.9 Å². The number of hydrogen-bond donors (Lipinski definition) is 2. The van der Waals surface area contributed by atoms with E-state index in [-0.39, 0.29) is 43.2 Å². The van der Waals surface area contributed by atoms with E-state index in [1.165, 1.54) is 17.0 Å². The fourth-order valence-electron chi connectivity index (χ4n) is 7.35. The lowest BCUT2D eigenvalue weighted by molar-refractivity contribution is 0.00327. The van der Waals surface area contributed by atoms with Crippen molar-refractivity contribution in [3.63, 3.8) is 0 Å². The number of nitrogens with zero attached hydrogens (tertiary/aromatic N) is 5. The van der Waals surface area contributed by atoms with Crippen molar-refractivity contribution in [3.05, 3.63) is 46.9 Å². The minimum absolute atomic E-state index is 0.0441. The van der Waals surface area contributed by atoms with Gasteiger partial charge in [0.25, 0.3) is 5.91 Å². The third kappa shape index (κ3) is 4.76. The Kier molecular flexibility index (Phi) is 7.10. The fraction of sp³-hybridized carbons (Fsp3) is 0.516. The molecule has 1 amide bonds. The second kappa shape index (κ2) is 10.8. The zero-order valence-electron chi connectivity index (χ0n) is 24.1. The molecule has 3 fully saturated rings. The number of alkyl halides is 1. The maximum Gasteiger partial charge on any atom is 0.318 e. The molecular weight excluding hydrogens is 560 g/mol. The van der Waals surface area contributed by atoms with Crippen molar-refractivity contribution in [1.29, 1.82) is 0 Å². The van der Waals surface area contributed by atoms with Crippen molar-refractivity contribution in [2.24, 2.45) is 0 Å². The molecule has 12 heteroatoms. The number of halogens is 2. The lowest BCUT2D eigenvalue weighted by Crippen LogP contribution is -2.45. The first-order chi connectivity index (χ1) is 20.8. The summed E-state index contributed by atoms with van der Waals surface area (Å²) in [7, 11) is 0. The smallest absolute Gasteiger partial charge is 0.318 e. The van der Waals surface area contributed by atoms with E-state index in [1.54, 1.807) is 12.1 Å². The average molecular weight is 596 g/mol. The molecule has 0 radical (unpaired) electrons. The number of aliphatic hydroxyl groups is 1. The number of ether oxygens (including phenoxy) is 2. The number of aliphatic hydroxyl groups excluding tert-OH is 1. The van der Waals surface area contributed by atoms with Gasteiger partial charge in [0.1, 0.15) is 35.7 Å². The molecule has 0 spiro atoms. The standard InChI is InChI=1S/C31H35F2N5O5/c1-2-22-23(33)5-4-18-10-20(40)11-25(26(18)22)38-15-24-27(29(38)41)28(36-8-9-42-21(14-36)16-39)35-30(34-24)43-17-31-6-3-7-37(31)13-19(32)12-31/h4-5,10-11,19,21,39-40H,2-3,6-9,12-17H2,1H3. The summed E-state index contributed by atoms with van der Waals surface area (Å²) in [6.07, 6.45) is 1.26. The van der Waals surface area contributed by atoms with Gasteiger partial charge in [-0.15, -0.1) is 0 Å². The van der Waals surface area contributed by atoms with Gasteiger partial charge in [-0.25, -0.2) is 8.78 Å². The summed E-state index contributed by atoms with van der Waals surface area (Å²) in [5.41, 5.74) is 1.18. The Morgan fingerprint density at radius 1 is 1.21 bits per heavy atom. The normalized spacial score (nSPS) is 25.5. The summed E-state index contributed by atoms with van der Waals surface area (Å²) in [5.74, 6) is -0.430. The number of morpholine rings is 1. The van der Waals surface area contributed by atoms with E-state index in [9.17, 15) is 23.8 Å². The third-order valence-corrected chi connectivity index (χ3v) is 9.36. The third-order valence-electron chi connectivity index (χ3n) is 9.36. The summed E-state index contributed by atoms with van der Waals surface area (Å²) >= 11 is 0. The van der Waals surface area contributed by atoms with Crippen molar-refractivity contribution in [2.75, 3.05) is 55.8 Å². The molecule has 3 saturated heterocycles. The van der Waals surface area contributed by atoms with Crippen molar-refractivity contribution in [3.8, 4) is 11.8 Å². The van der Waals surface area contributed by atoms with Crippen LogP contribution in [-0.4, -0.2) is 94.8 Å². The first kappa shape index (κ1) is 28.2. The van der Waals surface area contributed by atoms with Crippen molar-refractivity contribution < 1.29 is 33.3 Å². The number of anilines is 2. The number of amides is 1. The van der Waals surface area contributed by atoms with Gasteiger partial charge in [-0.3, -0.25) is 9.69 Å². The van der Waals surface area contributed by atoms with E-state index < -0.39 is 17.8 Å². The van der Waals surface area contributed by atoms with E-state index in [0.29, 0.717) is 78.2 Å². The van der Waals surface area contributed by atoms with Gasteiger partial charge in [0.15, 0.2) is 0 Å². The van der Waals surface area contributed by atoms with Crippen molar-refractivity contribution in [2.45, 2.75) is 57.0 Å². The number of rotatable bonds is 7. The van der Waals surface area contributed by atoms with E-state index in [0.717, 1.165) is 19.4 Å². The predicted molar refractivity (Wildman–Crippen MR) is 155 cm³/mol. The molecule has 4 aliphatic heterocycles. The Hall–Kier alpha value is -3.61. The number of phenols is 1. The van der Waals surface area contributed by atoms with Crippen LogP contribution in [0.5, 0.6) is 11.8 Å². The van der Waals surface area contributed by atoms with Crippen LogP contribution in [0.25, 0.3) is 10.8 Å². The van der Waals surface area contributed by atoms with Gasteiger partial charge in [0, 0.05) is 37.5 Å². The van der Waals surface area contributed by atoms with Crippen LogP contribution >= 0.6 is 0 Å². The molecule has 1 aromatic heterocycles. The number of hydrogen-bond acceptors (Lipinski definition) is 9. The Morgan fingerprint density at radius 2 is 2.07 bits per heavy atom. The van der Waals surface area contributed by atoms with Crippen LogP contribution in [0.2, 0.25) is 0 Å². The van der Waals surface area contributed by atoms with Gasteiger partial charge < -0.3 is 29.5 Å². The predicted octanol–water partition coefficient (Wildman–Crippen LogP) is 3.35. The molecule has 2 N–H and O–H groups in total.